The Balaban J connectivity index is 3.60. The van der Waals surface area contributed by atoms with E-state index in [1.54, 1.807) is 0 Å². The highest BCUT2D eigenvalue weighted by Crippen LogP contribution is 2.17. The Morgan fingerprint density at radius 2 is 0.925 bits per heavy atom. The van der Waals surface area contributed by atoms with Gasteiger partial charge in [-0.15, -0.1) is 0 Å². The predicted octanol–water partition coefficient (Wildman–Crippen LogP) is 5.93. The number of carboxylic acid groups (broad SMARTS) is 1. The van der Waals surface area contributed by atoms with Crippen molar-refractivity contribution in [3.8, 4) is 0 Å². The van der Waals surface area contributed by atoms with Crippen LogP contribution in [0.4, 0.5) is 0 Å². The van der Waals surface area contributed by atoms with Crippen LogP contribution in [-0.4, -0.2) is 106 Å². The van der Waals surface area contributed by atoms with Crippen molar-refractivity contribution in [1.82, 2.24) is 10.6 Å². The van der Waals surface area contributed by atoms with Gasteiger partial charge in [0.15, 0.2) is 5.78 Å². The van der Waals surface area contributed by atoms with Crippen LogP contribution >= 0.6 is 0 Å². The number of ether oxygens (including phenoxy) is 4. The molecule has 0 aliphatic carbocycles. The summed E-state index contributed by atoms with van der Waals surface area (Å²) in [6.07, 6.45) is 18.8. The summed E-state index contributed by atoms with van der Waals surface area (Å²) in [5.41, 5.74) is 0. The largest absolute Gasteiger partial charge is 0.481 e. The number of ketones is 3. The Morgan fingerprint density at radius 3 is 1.38 bits per heavy atom. The van der Waals surface area contributed by atoms with Crippen LogP contribution < -0.4 is 10.6 Å². The minimum Gasteiger partial charge on any atom is -0.481 e. The molecule has 308 valence electrons. The van der Waals surface area contributed by atoms with Gasteiger partial charge in [-0.1, -0.05) is 77.0 Å². The molecule has 1 atom stereocenters. The molecule has 0 aromatic carbocycles. The summed E-state index contributed by atoms with van der Waals surface area (Å²) in [5, 5.41) is 14.2. The predicted molar refractivity (Wildman–Crippen MR) is 204 cm³/mol. The maximum Gasteiger partial charge on any atom is 0.303 e. The van der Waals surface area contributed by atoms with Crippen LogP contribution in [0, 0.1) is 5.92 Å². The average Bonchev–Trinajstić information content (AvgIpc) is 3.11. The van der Waals surface area contributed by atoms with E-state index in [-0.39, 0.29) is 61.6 Å². The fraction of sp³-hybridized carbons (Fsp3) is 0.850. The summed E-state index contributed by atoms with van der Waals surface area (Å²) >= 11 is 0. The van der Waals surface area contributed by atoms with Crippen LogP contribution in [0.1, 0.15) is 149 Å². The van der Waals surface area contributed by atoms with Crippen LogP contribution in [0.25, 0.3) is 0 Å². The van der Waals surface area contributed by atoms with Crippen molar-refractivity contribution >= 4 is 35.1 Å². The SMILES string of the molecule is CC(=O)COCC(=O)NCCCOCCOCCOCCCNC(=O)CC[C@@H](CC(=O)CCCCCCCCCCCCCCCCC(=O)O)C(C)=O. The highest BCUT2D eigenvalue weighted by Gasteiger charge is 2.19. The highest BCUT2D eigenvalue weighted by molar-refractivity contribution is 5.87. The monoisotopic (exact) mass is 757 g/mol. The average molecular weight is 757 g/mol. The van der Waals surface area contributed by atoms with Crippen LogP contribution in [0.5, 0.6) is 0 Å². The van der Waals surface area contributed by atoms with Crippen LogP contribution in [0.2, 0.25) is 0 Å². The first kappa shape index (κ1) is 50.3. The normalized spacial score (nSPS) is 11.7. The molecular formula is C40H72N2O11. The van der Waals surface area contributed by atoms with Gasteiger partial charge in [-0.2, -0.15) is 0 Å². The summed E-state index contributed by atoms with van der Waals surface area (Å²) in [6.45, 7) is 6.34. The lowest BCUT2D eigenvalue weighted by Gasteiger charge is -2.13. The number of hydrogen-bond acceptors (Lipinski definition) is 10. The molecule has 3 N–H and O–H groups in total. The van der Waals surface area contributed by atoms with Crippen molar-refractivity contribution in [2.24, 2.45) is 5.92 Å². The van der Waals surface area contributed by atoms with E-state index in [1.165, 1.54) is 65.2 Å². The number of carbonyl (C=O) groups is 6. The third-order valence-corrected chi connectivity index (χ3v) is 8.72. The smallest absolute Gasteiger partial charge is 0.303 e. The highest BCUT2D eigenvalue weighted by atomic mass is 16.5. The lowest BCUT2D eigenvalue weighted by Crippen LogP contribution is -2.29. The first-order valence-electron chi connectivity index (χ1n) is 20.2. The molecule has 0 spiro atoms. The molecule has 0 aliphatic rings. The van der Waals surface area contributed by atoms with Crippen molar-refractivity contribution in [2.75, 3.05) is 65.9 Å². The summed E-state index contributed by atoms with van der Waals surface area (Å²) in [5.74, 6) is -1.56. The summed E-state index contributed by atoms with van der Waals surface area (Å²) in [4.78, 5) is 69.7. The van der Waals surface area contributed by atoms with Crippen molar-refractivity contribution in [3.63, 3.8) is 0 Å². The molecule has 0 aromatic heterocycles. The Morgan fingerprint density at radius 1 is 0.491 bits per heavy atom. The van der Waals surface area contributed by atoms with E-state index in [4.69, 9.17) is 24.1 Å². The molecule has 0 saturated carbocycles. The van der Waals surface area contributed by atoms with Crippen molar-refractivity contribution in [3.05, 3.63) is 0 Å². The van der Waals surface area contributed by atoms with Crippen LogP contribution in [-0.2, 0) is 47.7 Å². The molecule has 0 heterocycles. The molecule has 0 saturated heterocycles. The van der Waals surface area contributed by atoms with E-state index < -0.39 is 11.9 Å². The number of carbonyl (C=O) groups excluding carboxylic acids is 5. The minimum atomic E-state index is -0.699. The van der Waals surface area contributed by atoms with E-state index >= 15 is 0 Å². The van der Waals surface area contributed by atoms with Crippen LogP contribution in [0.15, 0.2) is 0 Å². The number of rotatable bonds is 41. The summed E-state index contributed by atoms with van der Waals surface area (Å²) < 4.78 is 21.4. The minimum absolute atomic E-state index is 0.0420. The van der Waals surface area contributed by atoms with E-state index in [9.17, 15) is 28.8 Å². The first-order valence-corrected chi connectivity index (χ1v) is 20.2. The molecule has 13 nitrogen and oxygen atoms in total. The molecular weight excluding hydrogens is 684 g/mol. The molecule has 53 heavy (non-hydrogen) atoms. The zero-order valence-electron chi connectivity index (χ0n) is 33.0. The second-order valence-electron chi connectivity index (χ2n) is 13.9. The van der Waals surface area contributed by atoms with Crippen LogP contribution in [0.3, 0.4) is 0 Å². The molecule has 0 fully saturated rings. The van der Waals surface area contributed by atoms with Crippen molar-refractivity contribution in [1.29, 1.82) is 0 Å². The molecule has 0 rings (SSSR count). The topological polar surface area (TPSA) is 184 Å². The number of unbranched alkanes of at least 4 members (excludes halogenated alkanes) is 13. The molecule has 0 unspecified atom stereocenters. The maximum absolute atomic E-state index is 12.5. The number of hydrogen-bond donors (Lipinski definition) is 3. The Hall–Kier alpha value is -2.74. The van der Waals surface area contributed by atoms with Gasteiger partial charge in [0, 0.05) is 57.9 Å². The Labute approximate surface area is 318 Å². The van der Waals surface area contributed by atoms with Crippen molar-refractivity contribution in [2.45, 2.75) is 149 Å². The second-order valence-corrected chi connectivity index (χ2v) is 13.9. The second kappa shape index (κ2) is 37.6. The molecule has 0 radical (unpaired) electrons. The zero-order chi connectivity index (χ0) is 39.2. The molecule has 0 aromatic rings. The Bertz CT molecular complexity index is 976. The number of aliphatic carboxylic acids is 1. The molecule has 2 amide bonds. The van der Waals surface area contributed by atoms with E-state index in [0.717, 1.165) is 38.5 Å². The molecule has 13 heteroatoms. The van der Waals surface area contributed by atoms with Gasteiger partial charge in [-0.3, -0.25) is 28.8 Å². The summed E-state index contributed by atoms with van der Waals surface area (Å²) in [7, 11) is 0. The molecule has 0 aliphatic heterocycles. The zero-order valence-corrected chi connectivity index (χ0v) is 33.0. The third-order valence-electron chi connectivity index (χ3n) is 8.72. The van der Waals surface area contributed by atoms with Gasteiger partial charge in [0.05, 0.1) is 26.4 Å². The van der Waals surface area contributed by atoms with Gasteiger partial charge in [-0.05, 0) is 46.0 Å². The van der Waals surface area contributed by atoms with E-state index in [1.807, 2.05) is 0 Å². The van der Waals surface area contributed by atoms with Gasteiger partial charge >= 0.3 is 5.97 Å². The van der Waals surface area contributed by atoms with Crippen molar-refractivity contribution < 1.29 is 52.8 Å². The quantitative estimate of drug-likeness (QED) is 0.0629. The van der Waals surface area contributed by atoms with Gasteiger partial charge in [0.25, 0.3) is 0 Å². The number of Topliss-reactive ketones (excluding diaryl/α,β-unsaturated/α-hetero) is 3. The number of amides is 2. The van der Waals surface area contributed by atoms with E-state index in [2.05, 4.69) is 10.6 Å². The Kier molecular flexibility index (Phi) is 35.6. The standard InChI is InChI=1S/C40H72N2O11/c1-34(43)32-53-33-39(47)42-24-18-26-51-28-30-52-29-27-50-25-17-23-41-38(46)22-21-36(35(2)44)31-37(45)19-15-13-11-9-7-5-3-4-6-8-10-12-14-16-20-40(48)49/h36H,3-33H2,1-2H3,(H,41,46)(H,42,47)(H,48,49)/t36-/m0/s1. The summed E-state index contributed by atoms with van der Waals surface area (Å²) in [6, 6.07) is 0. The fourth-order valence-electron chi connectivity index (χ4n) is 5.62. The maximum atomic E-state index is 12.5. The number of nitrogens with one attached hydrogen (secondary N) is 2. The third kappa shape index (κ3) is 38.8. The van der Waals surface area contributed by atoms with E-state index in [0.29, 0.717) is 78.4 Å². The fourth-order valence-corrected chi connectivity index (χ4v) is 5.62. The first-order chi connectivity index (χ1) is 25.6. The number of carboxylic acids is 1. The van der Waals surface area contributed by atoms with Gasteiger partial charge < -0.3 is 34.7 Å². The lowest BCUT2D eigenvalue weighted by molar-refractivity contribution is -0.137. The van der Waals surface area contributed by atoms with Gasteiger partial charge in [-0.25, -0.2) is 0 Å². The lowest BCUT2D eigenvalue weighted by atomic mass is 9.91. The van der Waals surface area contributed by atoms with Gasteiger partial charge in [0.2, 0.25) is 11.8 Å². The molecule has 0 bridgehead atoms. The van der Waals surface area contributed by atoms with Gasteiger partial charge in [0.1, 0.15) is 24.8 Å².